The summed E-state index contributed by atoms with van der Waals surface area (Å²) in [6.45, 7) is 32.1. The first-order valence-electron chi connectivity index (χ1n) is 20.6. The van der Waals surface area contributed by atoms with Gasteiger partial charge in [-0.1, -0.05) is 113 Å². The predicted octanol–water partition coefficient (Wildman–Crippen LogP) is 11.9. The van der Waals surface area contributed by atoms with Crippen LogP contribution >= 0.6 is 0 Å². The Morgan fingerprint density at radius 1 is 0.608 bits per heavy atom. The second-order valence-electron chi connectivity index (χ2n) is 17.1. The van der Waals surface area contributed by atoms with E-state index in [4.69, 9.17) is 20.1 Å². The van der Waals surface area contributed by atoms with Crippen molar-refractivity contribution >= 4 is 11.9 Å². The molecule has 0 amide bonds. The zero-order valence-electron chi connectivity index (χ0n) is 35.7. The number of esters is 1. The molecular formula is C44H83NO6. The summed E-state index contributed by atoms with van der Waals surface area (Å²) in [5, 5.41) is 0. The molecule has 3 atom stereocenters. The van der Waals surface area contributed by atoms with Gasteiger partial charge < -0.3 is 19.0 Å². The molecule has 0 aliphatic rings. The average molecular weight is 722 g/mol. The maximum absolute atomic E-state index is 11.8. The summed E-state index contributed by atoms with van der Waals surface area (Å²) in [6.07, 6.45) is 20.7. The average Bonchev–Trinajstić information content (AvgIpc) is 3.07. The van der Waals surface area contributed by atoms with Crippen molar-refractivity contribution in [1.29, 1.82) is 0 Å². The highest BCUT2D eigenvalue weighted by Gasteiger charge is 2.44. The fourth-order valence-electron chi connectivity index (χ4n) is 8.04. The highest BCUT2D eigenvalue weighted by Crippen LogP contribution is 2.45. The van der Waals surface area contributed by atoms with E-state index in [1.165, 1.54) is 37.7 Å². The van der Waals surface area contributed by atoms with E-state index in [0.29, 0.717) is 24.4 Å². The monoisotopic (exact) mass is 722 g/mol. The molecule has 0 aliphatic carbocycles. The third kappa shape index (κ3) is 18.3. The maximum atomic E-state index is 11.8. The van der Waals surface area contributed by atoms with Gasteiger partial charge >= 0.3 is 11.9 Å². The Bertz CT molecular complexity index is 1000. The number of hydrogen-bond acceptors (Lipinski definition) is 7. The van der Waals surface area contributed by atoms with Gasteiger partial charge in [-0.05, 0) is 113 Å². The molecule has 7 heteroatoms. The molecule has 0 fully saturated rings. The highest BCUT2D eigenvalue weighted by molar-refractivity contribution is 5.91. The molecule has 0 radical (unpaired) electrons. The van der Waals surface area contributed by atoms with Gasteiger partial charge in [0.2, 0.25) is 0 Å². The van der Waals surface area contributed by atoms with Crippen LogP contribution in [0.4, 0.5) is 0 Å². The van der Waals surface area contributed by atoms with Crippen LogP contribution in [0.3, 0.4) is 0 Å². The minimum atomic E-state index is -0.787. The first-order chi connectivity index (χ1) is 23.9. The van der Waals surface area contributed by atoms with Crippen LogP contribution in [-0.4, -0.2) is 43.0 Å². The molecule has 0 bridgehead atoms. The van der Waals surface area contributed by atoms with Crippen molar-refractivity contribution in [1.82, 2.24) is 0 Å². The highest BCUT2D eigenvalue weighted by atomic mass is 16.7. The van der Waals surface area contributed by atoms with Crippen LogP contribution in [-0.2, 0) is 28.6 Å². The lowest BCUT2D eigenvalue weighted by molar-refractivity contribution is -0.141. The van der Waals surface area contributed by atoms with Gasteiger partial charge in [0.1, 0.15) is 0 Å². The van der Waals surface area contributed by atoms with Crippen LogP contribution in [0.5, 0.6) is 0 Å². The molecule has 300 valence electrons. The zero-order chi connectivity index (χ0) is 39.1. The van der Waals surface area contributed by atoms with Crippen molar-refractivity contribution in [3.8, 4) is 0 Å². The number of allylic oxidation sites excluding steroid dienone is 2. The molecular weight excluding hydrogens is 638 g/mol. The molecule has 0 saturated carbocycles. The Hall–Kier alpha value is -1.70. The van der Waals surface area contributed by atoms with E-state index in [0.717, 1.165) is 89.6 Å². The molecule has 0 aromatic carbocycles. The van der Waals surface area contributed by atoms with Gasteiger partial charge in [0.25, 0.3) is 0 Å². The van der Waals surface area contributed by atoms with Gasteiger partial charge in [0.15, 0.2) is 0 Å². The number of carbonyl (C=O) groups is 2. The minimum absolute atomic E-state index is 0.0470. The van der Waals surface area contributed by atoms with Crippen molar-refractivity contribution in [3.63, 3.8) is 0 Å². The normalized spacial score (nSPS) is 14.7. The quantitative estimate of drug-likeness (QED) is 0.0341. The number of ether oxygens (including phenoxy) is 3. The van der Waals surface area contributed by atoms with E-state index >= 15 is 0 Å². The van der Waals surface area contributed by atoms with Crippen molar-refractivity contribution in [2.24, 2.45) is 34.5 Å². The molecule has 7 nitrogen and oxygen atoms in total. The van der Waals surface area contributed by atoms with E-state index < -0.39 is 11.9 Å². The summed E-state index contributed by atoms with van der Waals surface area (Å²) in [5.74, 6) is 5.14. The molecule has 3 unspecified atom stereocenters. The van der Waals surface area contributed by atoms with Gasteiger partial charge in [-0.3, -0.25) is 0 Å². The number of rotatable bonds is 30. The predicted molar refractivity (Wildman–Crippen MR) is 214 cm³/mol. The number of carbonyl (C=O) groups excluding carboxylic acids is 2. The first kappa shape index (κ1) is 49.3. The van der Waals surface area contributed by atoms with Gasteiger partial charge in [0.05, 0.1) is 17.8 Å². The van der Waals surface area contributed by atoms with Crippen molar-refractivity contribution < 1.29 is 28.6 Å². The van der Waals surface area contributed by atoms with Crippen molar-refractivity contribution in [3.05, 3.63) is 23.8 Å². The molecule has 0 heterocycles. The van der Waals surface area contributed by atoms with Crippen LogP contribution in [0, 0.1) is 28.6 Å². The Kier molecular flexibility index (Phi) is 24.5. The Morgan fingerprint density at radius 3 is 1.39 bits per heavy atom. The molecule has 0 aliphatic heterocycles. The molecule has 0 spiro atoms. The first-order valence-corrected chi connectivity index (χ1v) is 20.6. The third-order valence-electron chi connectivity index (χ3n) is 12.3. The van der Waals surface area contributed by atoms with Gasteiger partial charge in [-0.15, -0.1) is 0 Å². The molecule has 2 N–H and O–H groups in total. The third-order valence-corrected chi connectivity index (χ3v) is 12.3. The Labute approximate surface area is 315 Å². The van der Waals surface area contributed by atoms with Crippen LogP contribution < -0.4 is 5.90 Å². The van der Waals surface area contributed by atoms with Crippen LogP contribution in [0.25, 0.3) is 0 Å². The summed E-state index contributed by atoms with van der Waals surface area (Å²) in [5.41, 5.74) is 1.37. The van der Waals surface area contributed by atoms with E-state index in [1.807, 2.05) is 0 Å². The molecule has 0 rings (SSSR count). The summed E-state index contributed by atoms with van der Waals surface area (Å²) < 4.78 is 18.9. The largest absolute Gasteiger partial charge is 0.463 e. The van der Waals surface area contributed by atoms with E-state index in [9.17, 15) is 9.59 Å². The smallest absolute Gasteiger partial charge is 0.349 e. The van der Waals surface area contributed by atoms with Crippen molar-refractivity contribution in [2.45, 2.75) is 198 Å². The van der Waals surface area contributed by atoms with E-state index in [-0.39, 0.29) is 22.0 Å². The maximum Gasteiger partial charge on any atom is 0.349 e. The Balaban J connectivity index is 4.85. The second-order valence-corrected chi connectivity index (χ2v) is 17.1. The molecule has 0 aromatic heterocycles. The minimum Gasteiger partial charge on any atom is -0.463 e. The SMILES string of the molecule is CCC(CC)(OCCC(C)CCC=C(C)C)C(C)(C)CCCC(C)CCOC(CC)(CC)C(C)(C)CCCC(C)CCOC(=O)/C=C/C(=O)ON. The molecule has 0 saturated heterocycles. The zero-order valence-corrected chi connectivity index (χ0v) is 35.7. The molecule has 0 aromatic rings. The number of nitrogens with two attached hydrogens (primary N) is 1. The van der Waals surface area contributed by atoms with Gasteiger partial charge in [-0.25, -0.2) is 9.59 Å². The summed E-state index contributed by atoms with van der Waals surface area (Å²) >= 11 is 0. The molecule has 51 heavy (non-hydrogen) atoms. The second kappa shape index (κ2) is 25.3. The Morgan fingerprint density at radius 2 is 1.00 bits per heavy atom. The lowest BCUT2D eigenvalue weighted by atomic mass is 9.68. The van der Waals surface area contributed by atoms with Gasteiger partial charge in [0, 0.05) is 25.4 Å². The lowest BCUT2D eigenvalue weighted by Crippen LogP contribution is -2.47. The standard InChI is InChI=1S/C44H83NO6/c1-14-43(15-2,49-33-28-36(7)22-18-21-35(5)6)42(12,13)31-20-24-38(9)29-34-50-44(16-3,17-4)41(10,11)30-19-23-37(8)27-32-48-39(46)25-26-40(47)51-45/h21,25-26,36-38H,14-20,22-24,27-34,45H2,1-13H3/b26-25+. The fourth-order valence-corrected chi connectivity index (χ4v) is 8.04. The number of hydrogen-bond donors (Lipinski definition) is 1. The summed E-state index contributed by atoms with van der Waals surface area (Å²) in [4.78, 5) is 26.8. The van der Waals surface area contributed by atoms with Crippen LogP contribution in [0.1, 0.15) is 186 Å². The summed E-state index contributed by atoms with van der Waals surface area (Å²) in [6, 6.07) is 0. The van der Waals surface area contributed by atoms with Gasteiger partial charge in [-0.2, -0.15) is 5.90 Å². The summed E-state index contributed by atoms with van der Waals surface area (Å²) in [7, 11) is 0. The lowest BCUT2D eigenvalue weighted by Gasteiger charge is -2.47. The van der Waals surface area contributed by atoms with E-state index in [2.05, 4.69) is 101 Å². The van der Waals surface area contributed by atoms with E-state index in [1.54, 1.807) is 0 Å². The topological polar surface area (TPSA) is 97.1 Å². The fraction of sp³-hybridized carbons (Fsp3) is 0.864. The van der Waals surface area contributed by atoms with Crippen molar-refractivity contribution in [2.75, 3.05) is 19.8 Å². The van der Waals surface area contributed by atoms with Crippen LogP contribution in [0.2, 0.25) is 0 Å². The van der Waals surface area contributed by atoms with Crippen LogP contribution in [0.15, 0.2) is 23.8 Å².